The number of halogens is 1. The number of likely N-dealkylation sites (N-methyl/N-ethyl adjacent to an activating group) is 1. The molecule has 1 aromatic rings. The van der Waals surface area contributed by atoms with Gasteiger partial charge < -0.3 is 5.32 Å². The predicted molar refractivity (Wildman–Crippen MR) is 66.9 cm³/mol. The molecule has 0 amide bonds. The average Bonchev–Trinajstić information content (AvgIpc) is 2.29. The van der Waals surface area contributed by atoms with E-state index < -0.39 is 0 Å². The summed E-state index contributed by atoms with van der Waals surface area (Å²) >= 11 is 6.06. The molecule has 2 nitrogen and oxygen atoms in total. The Morgan fingerprint density at radius 3 is 3.19 bits per heavy atom. The molecule has 1 aliphatic heterocycles. The maximum absolute atomic E-state index is 6.06. The van der Waals surface area contributed by atoms with E-state index in [4.69, 9.17) is 11.6 Å². The number of aryl methyl sites for hydroxylation is 1. The molecule has 0 saturated carbocycles. The van der Waals surface area contributed by atoms with E-state index in [0.717, 1.165) is 24.5 Å². The molecule has 1 saturated heterocycles. The molecule has 3 rings (SSSR count). The van der Waals surface area contributed by atoms with E-state index in [1.807, 2.05) is 6.07 Å². The molecular formula is C13H17ClN2. The van der Waals surface area contributed by atoms with Gasteiger partial charge in [-0.15, -0.1) is 0 Å². The molecule has 16 heavy (non-hydrogen) atoms. The number of hydrogen-bond acceptors (Lipinski definition) is 2. The fourth-order valence-electron chi connectivity index (χ4n) is 3.09. The SMILES string of the molecule is CN1CCNC2CCc3cc(Cl)ccc3C21. The van der Waals surface area contributed by atoms with Gasteiger partial charge in [-0.3, -0.25) is 4.90 Å². The van der Waals surface area contributed by atoms with Crippen molar-refractivity contribution in [2.45, 2.75) is 24.9 Å². The van der Waals surface area contributed by atoms with Gasteiger partial charge in [0.05, 0.1) is 6.04 Å². The third kappa shape index (κ3) is 1.65. The Bertz CT molecular complexity index is 405. The van der Waals surface area contributed by atoms with Crippen molar-refractivity contribution >= 4 is 11.6 Å². The fraction of sp³-hybridized carbons (Fsp3) is 0.538. The number of hydrogen-bond donors (Lipinski definition) is 1. The largest absolute Gasteiger partial charge is 0.311 e. The van der Waals surface area contributed by atoms with Crippen molar-refractivity contribution in [1.29, 1.82) is 0 Å². The zero-order valence-corrected chi connectivity index (χ0v) is 10.3. The summed E-state index contributed by atoms with van der Waals surface area (Å²) in [7, 11) is 2.22. The topological polar surface area (TPSA) is 15.3 Å². The number of rotatable bonds is 0. The Kier molecular flexibility index (Phi) is 2.66. The van der Waals surface area contributed by atoms with E-state index in [1.54, 1.807) is 0 Å². The second-order valence-corrected chi connectivity index (χ2v) is 5.30. The quantitative estimate of drug-likeness (QED) is 0.743. The van der Waals surface area contributed by atoms with Gasteiger partial charge in [-0.1, -0.05) is 17.7 Å². The molecule has 2 aliphatic rings. The third-order valence-electron chi connectivity index (χ3n) is 3.88. The number of fused-ring (bicyclic) bond motifs is 3. The van der Waals surface area contributed by atoms with Crippen LogP contribution in [0.5, 0.6) is 0 Å². The summed E-state index contributed by atoms with van der Waals surface area (Å²) in [5.41, 5.74) is 2.90. The zero-order valence-electron chi connectivity index (χ0n) is 9.54. The second-order valence-electron chi connectivity index (χ2n) is 4.87. The van der Waals surface area contributed by atoms with Crippen molar-refractivity contribution in [2.75, 3.05) is 20.1 Å². The van der Waals surface area contributed by atoms with Gasteiger partial charge in [-0.05, 0) is 43.1 Å². The van der Waals surface area contributed by atoms with Crippen molar-refractivity contribution in [1.82, 2.24) is 10.2 Å². The van der Waals surface area contributed by atoms with Crippen molar-refractivity contribution < 1.29 is 0 Å². The summed E-state index contributed by atoms with van der Waals surface area (Å²) in [4.78, 5) is 2.47. The van der Waals surface area contributed by atoms with Gasteiger partial charge in [0.25, 0.3) is 0 Å². The van der Waals surface area contributed by atoms with Crippen molar-refractivity contribution in [3.8, 4) is 0 Å². The van der Waals surface area contributed by atoms with Crippen LogP contribution in [-0.2, 0) is 6.42 Å². The minimum Gasteiger partial charge on any atom is -0.311 e. The van der Waals surface area contributed by atoms with Crippen LogP contribution in [-0.4, -0.2) is 31.1 Å². The molecule has 1 fully saturated rings. The highest BCUT2D eigenvalue weighted by Gasteiger charge is 2.34. The van der Waals surface area contributed by atoms with E-state index in [-0.39, 0.29) is 0 Å². The Morgan fingerprint density at radius 1 is 1.44 bits per heavy atom. The van der Waals surface area contributed by atoms with Crippen molar-refractivity contribution in [3.05, 3.63) is 34.3 Å². The van der Waals surface area contributed by atoms with Crippen molar-refractivity contribution in [3.63, 3.8) is 0 Å². The molecule has 2 unspecified atom stereocenters. The minimum absolute atomic E-state index is 0.537. The lowest BCUT2D eigenvalue weighted by molar-refractivity contribution is 0.137. The maximum Gasteiger partial charge on any atom is 0.0501 e. The lowest BCUT2D eigenvalue weighted by Gasteiger charge is -2.44. The molecule has 0 radical (unpaired) electrons. The summed E-state index contributed by atoms with van der Waals surface area (Å²) in [6, 6.07) is 7.51. The fourth-order valence-corrected chi connectivity index (χ4v) is 3.28. The van der Waals surface area contributed by atoms with Crippen LogP contribution in [0.4, 0.5) is 0 Å². The number of benzene rings is 1. The normalized spacial score (nSPS) is 29.6. The highest BCUT2D eigenvalue weighted by Crippen LogP contribution is 2.36. The molecule has 86 valence electrons. The molecule has 3 heteroatoms. The van der Waals surface area contributed by atoms with Gasteiger partial charge in [-0.25, -0.2) is 0 Å². The Balaban J connectivity index is 2.02. The molecule has 2 atom stereocenters. The first-order chi connectivity index (χ1) is 7.75. The van der Waals surface area contributed by atoms with Gasteiger partial charge in [0, 0.05) is 24.2 Å². The van der Waals surface area contributed by atoms with E-state index in [0.29, 0.717) is 12.1 Å². The van der Waals surface area contributed by atoms with Gasteiger partial charge >= 0.3 is 0 Å². The minimum atomic E-state index is 0.537. The van der Waals surface area contributed by atoms with Gasteiger partial charge in [0.2, 0.25) is 0 Å². The Morgan fingerprint density at radius 2 is 2.31 bits per heavy atom. The first-order valence-corrected chi connectivity index (χ1v) is 6.35. The maximum atomic E-state index is 6.06. The molecule has 1 aromatic carbocycles. The first kappa shape index (κ1) is 10.6. The van der Waals surface area contributed by atoms with Gasteiger partial charge in [0.15, 0.2) is 0 Å². The van der Waals surface area contributed by atoms with Crippen LogP contribution in [0.25, 0.3) is 0 Å². The van der Waals surface area contributed by atoms with Crippen LogP contribution in [0, 0.1) is 0 Å². The van der Waals surface area contributed by atoms with E-state index in [9.17, 15) is 0 Å². The molecule has 1 aliphatic carbocycles. The van der Waals surface area contributed by atoms with Crippen LogP contribution in [0.2, 0.25) is 5.02 Å². The van der Waals surface area contributed by atoms with Gasteiger partial charge in [0.1, 0.15) is 0 Å². The molecular weight excluding hydrogens is 220 g/mol. The predicted octanol–water partition coefficient (Wildman–Crippen LogP) is 2.23. The van der Waals surface area contributed by atoms with Crippen LogP contribution < -0.4 is 5.32 Å². The zero-order chi connectivity index (χ0) is 11.1. The summed E-state index contributed by atoms with van der Waals surface area (Å²) in [6.07, 6.45) is 2.38. The van der Waals surface area contributed by atoms with Crippen LogP contribution >= 0.6 is 11.6 Å². The lowest BCUT2D eigenvalue weighted by atomic mass is 9.82. The average molecular weight is 237 g/mol. The Labute approximate surface area is 102 Å². The molecule has 0 spiro atoms. The second kappa shape index (κ2) is 4.02. The molecule has 1 heterocycles. The van der Waals surface area contributed by atoms with Crippen LogP contribution in [0.15, 0.2) is 18.2 Å². The molecule has 1 N–H and O–H groups in total. The van der Waals surface area contributed by atoms with Crippen LogP contribution in [0.3, 0.4) is 0 Å². The summed E-state index contributed by atoms with van der Waals surface area (Å²) in [6.45, 7) is 2.24. The standard InChI is InChI=1S/C13H17ClN2/c1-16-7-6-15-12-5-2-9-8-10(14)3-4-11(9)13(12)16/h3-4,8,12-13,15H,2,5-7H2,1H3. The number of piperazine rings is 1. The Hall–Kier alpha value is -0.570. The number of nitrogens with zero attached hydrogens (tertiary/aromatic N) is 1. The first-order valence-electron chi connectivity index (χ1n) is 5.97. The monoisotopic (exact) mass is 236 g/mol. The van der Waals surface area contributed by atoms with E-state index >= 15 is 0 Å². The smallest absolute Gasteiger partial charge is 0.0501 e. The van der Waals surface area contributed by atoms with Crippen LogP contribution in [0.1, 0.15) is 23.6 Å². The van der Waals surface area contributed by atoms with Crippen molar-refractivity contribution in [2.24, 2.45) is 0 Å². The highest BCUT2D eigenvalue weighted by molar-refractivity contribution is 6.30. The van der Waals surface area contributed by atoms with E-state index in [2.05, 4.69) is 29.4 Å². The third-order valence-corrected chi connectivity index (χ3v) is 4.11. The molecule has 0 bridgehead atoms. The van der Waals surface area contributed by atoms with E-state index in [1.165, 1.54) is 17.5 Å². The molecule has 0 aromatic heterocycles. The lowest BCUT2D eigenvalue weighted by Crippen LogP contribution is -2.53. The highest BCUT2D eigenvalue weighted by atomic mass is 35.5. The summed E-state index contributed by atoms with van der Waals surface area (Å²) in [5.74, 6) is 0. The summed E-state index contributed by atoms with van der Waals surface area (Å²) in [5, 5.41) is 4.50. The number of nitrogens with one attached hydrogen (secondary N) is 1. The van der Waals surface area contributed by atoms with Gasteiger partial charge in [-0.2, -0.15) is 0 Å². The summed E-state index contributed by atoms with van der Waals surface area (Å²) < 4.78 is 0.